The third-order valence-electron chi connectivity index (χ3n) is 4.85. The van der Waals surface area contributed by atoms with Gasteiger partial charge in [0.1, 0.15) is 0 Å². The van der Waals surface area contributed by atoms with Gasteiger partial charge in [-0.15, -0.1) is 0 Å². The normalized spacial score (nSPS) is 15.5. The lowest BCUT2D eigenvalue weighted by Gasteiger charge is -2.25. The van der Waals surface area contributed by atoms with Gasteiger partial charge < -0.3 is 10.6 Å². The van der Waals surface area contributed by atoms with Gasteiger partial charge in [-0.1, -0.05) is 36.6 Å². The van der Waals surface area contributed by atoms with Crippen molar-refractivity contribution in [1.82, 2.24) is 5.32 Å². The predicted molar refractivity (Wildman–Crippen MR) is 104 cm³/mol. The van der Waals surface area contributed by atoms with Gasteiger partial charge in [-0.05, 0) is 60.7 Å². The Morgan fingerprint density at radius 2 is 1.62 bits per heavy atom. The molecule has 136 valence electrons. The Labute approximate surface area is 158 Å². The minimum atomic E-state index is -0.133. The Morgan fingerprint density at radius 1 is 1.00 bits per heavy atom. The van der Waals surface area contributed by atoms with Crippen molar-refractivity contribution in [3.05, 3.63) is 64.7 Å². The number of nitrogens with one attached hydrogen (secondary N) is 2. The number of anilines is 1. The van der Waals surface area contributed by atoms with E-state index in [4.69, 9.17) is 11.6 Å². The van der Waals surface area contributed by atoms with E-state index in [0.717, 1.165) is 18.4 Å². The van der Waals surface area contributed by atoms with Gasteiger partial charge in [0.05, 0.1) is 6.04 Å². The van der Waals surface area contributed by atoms with E-state index in [1.165, 1.54) is 19.8 Å². The highest BCUT2D eigenvalue weighted by molar-refractivity contribution is 6.30. The van der Waals surface area contributed by atoms with Gasteiger partial charge in [-0.25, -0.2) is 0 Å². The van der Waals surface area contributed by atoms with Gasteiger partial charge in [-0.2, -0.15) is 0 Å². The maximum absolute atomic E-state index is 12.8. The fourth-order valence-corrected chi connectivity index (χ4v) is 3.69. The largest absolute Gasteiger partial charge is 0.345 e. The first-order valence-electron chi connectivity index (χ1n) is 8.97. The first kappa shape index (κ1) is 18.5. The Bertz CT molecular complexity index is 766. The molecule has 3 rings (SSSR count). The Balaban J connectivity index is 1.76. The molecule has 4 nitrogen and oxygen atoms in total. The molecule has 1 unspecified atom stereocenters. The lowest BCUT2D eigenvalue weighted by atomic mass is 9.91. The zero-order valence-electron chi connectivity index (χ0n) is 14.8. The molecule has 1 atom stereocenters. The molecule has 2 amide bonds. The Morgan fingerprint density at radius 3 is 2.19 bits per heavy atom. The number of halogens is 1. The summed E-state index contributed by atoms with van der Waals surface area (Å²) in [6.07, 6.45) is 4.65. The van der Waals surface area contributed by atoms with Crippen LogP contribution >= 0.6 is 11.6 Å². The van der Waals surface area contributed by atoms with Crippen molar-refractivity contribution in [3.63, 3.8) is 0 Å². The molecular weight excluding hydrogens is 348 g/mol. The molecule has 2 aromatic carbocycles. The number of rotatable bonds is 5. The topological polar surface area (TPSA) is 58.2 Å². The molecule has 0 aliphatic heterocycles. The summed E-state index contributed by atoms with van der Waals surface area (Å²) in [5.41, 5.74) is 2.35. The molecule has 1 fully saturated rings. The fraction of sp³-hybridized carbons (Fsp3) is 0.333. The summed E-state index contributed by atoms with van der Waals surface area (Å²) in [4.78, 5) is 23.9. The van der Waals surface area contributed by atoms with E-state index in [1.54, 1.807) is 24.3 Å². The third-order valence-corrected chi connectivity index (χ3v) is 5.11. The van der Waals surface area contributed by atoms with E-state index in [2.05, 4.69) is 10.6 Å². The molecule has 0 spiro atoms. The van der Waals surface area contributed by atoms with Crippen LogP contribution in [0.2, 0.25) is 5.02 Å². The van der Waals surface area contributed by atoms with Crippen molar-refractivity contribution in [2.24, 2.45) is 5.92 Å². The van der Waals surface area contributed by atoms with Crippen LogP contribution in [-0.2, 0) is 4.79 Å². The standard InChI is InChI=1S/C21H23ClN2O2/c1-14(25)23-19-12-8-17(9-13-19)21(26)24-20(15-4-2-3-5-15)16-6-10-18(22)11-7-16/h6-13,15,20H,2-5H2,1H3,(H,23,25)(H,24,26). The molecule has 1 saturated carbocycles. The second-order valence-corrected chi connectivity index (χ2v) is 7.24. The molecule has 0 bridgehead atoms. The van der Waals surface area contributed by atoms with Crippen LogP contribution in [0.25, 0.3) is 0 Å². The second-order valence-electron chi connectivity index (χ2n) is 6.81. The summed E-state index contributed by atoms with van der Waals surface area (Å²) in [6.45, 7) is 1.46. The Hall–Kier alpha value is -2.33. The van der Waals surface area contributed by atoms with Crippen molar-refractivity contribution in [3.8, 4) is 0 Å². The predicted octanol–water partition coefficient (Wildman–Crippen LogP) is 4.96. The average molecular weight is 371 g/mol. The molecule has 0 radical (unpaired) electrons. The highest BCUT2D eigenvalue weighted by Gasteiger charge is 2.28. The zero-order valence-corrected chi connectivity index (χ0v) is 15.6. The van der Waals surface area contributed by atoms with Gasteiger partial charge in [0.25, 0.3) is 5.91 Å². The van der Waals surface area contributed by atoms with Crippen molar-refractivity contribution >= 4 is 29.1 Å². The average Bonchev–Trinajstić information content (AvgIpc) is 3.15. The van der Waals surface area contributed by atoms with Crippen molar-refractivity contribution in [1.29, 1.82) is 0 Å². The highest BCUT2D eigenvalue weighted by Crippen LogP contribution is 2.36. The van der Waals surface area contributed by atoms with Crippen LogP contribution in [0.4, 0.5) is 5.69 Å². The number of hydrogen-bond donors (Lipinski definition) is 2. The van der Waals surface area contributed by atoms with E-state index >= 15 is 0 Å². The number of carbonyl (C=O) groups excluding carboxylic acids is 2. The summed E-state index contributed by atoms with van der Waals surface area (Å²) in [6, 6.07) is 14.6. The van der Waals surface area contributed by atoms with Crippen LogP contribution in [0.1, 0.15) is 54.6 Å². The minimum Gasteiger partial charge on any atom is -0.345 e. The number of benzene rings is 2. The quantitative estimate of drug-likeness (QED) is 0.781. The fourth-order valence-electron chi connectivity index (χ4n) is 3.57. The first-order valence-corrected chi connectivity index (χ1v) is 9.35. The molecule has 2 aromatic rings. The van der Waals surface area contributed by atoms with Crippen molar-refractivity contribution < 1.29 is 9.59 Å². The second kappa shape index (κ2) is 8.37. The molecule has 1 aliphatic carbocycles. The van der Waals surface area contributed by atoms with Crippen LogP contribution in [0, 0.1) is 5.92 Å². The maximum atomic E-state index is 12.8. The van der Waals surface area contributed by atoms with Gasteiger partial charge in [-0.3, -0.25) is 9.59 Å². The van der Waals surface area contributed by atoms with Gasteiger partial charge in [0, 0.05) is 23.2 Å². The SMILES string of the molecule is CC(=O)Nc1ccc(C(=O)NC(c2ccc(Cl)cc2)C2CCCC2)cc1. The smallest absolute Gasteiger partial charge is 0.251 e. The van der Waals surface area contributed by atoms with Gasteiger partial charge >= 0.3 is 0 Å². The third kappa shape index (κ3) is 4.64. The lowest BCUT2D eigenvalue weighted by Crippen LogP contribution is -2.32. The Kier molecular flexibility index (Phi) is 5.94. The van der Waals surface area contributed by atoms with Crippen LogP contribution in [-0.4, -0.2) is 11.8 Å². The molecule has 0 aromatic heterocycles. The molecule has 0 heterocycles. The maximum Gasteiger partial charge on any atom is 0.251 e. The summed E-state index contributed by atoms with van der Waals surface area (Å²) >= 11 is 6.01. The van der Waals surface area contributed by atoms with Crippen LogP contribution < -0.4 is 10.6 Å². The number of carbonyl (C=O) groups is 2. The molecule has 0 saturated heterocycles. The van der Waals surface area contributed by atoms with E-state index in [1.807, 2.05) is 24.3 Å². The zero-order chi connectivity index (χ0) is 18.5. The van der Waals surface area contributed by atoms with E-state index < -0.39 is 0 Å². The molecule has 26 heavy (non-hydrogen) atoms. The summed E-state index contributed by atoms with van der Waals surface area (Å²) < 4.78 is 0. The van der Waals surface area contributed by atoms with Crippen LogP contribution in [0.3, 0.4) is 0 Å². The highest BCUT2D eigenvalue weighted by atomic mass is 35.5. The molecule has 1 aliphatic rings. The number of hydrogen-bond acceptors (Lipinski definition) is 2. The first-order chi connectivity index (χ1) is 12.5. The van der Waals surface area contributed by atoms with Crippen LogP contribution in [0.15, 0.2) is 48.5 Å². The van der Waals surface area contributed by atoms with E-state index in [-0.39, 0.29) is 17.9 Å². The molecular formula is C21H23ClN2O2. The summed E-state index contributed by atoms with van der Waals surface area (Å²) in [7, 11) is 0. The van der Waals surface area contributed by atoms with Gasteiger partial charge in [0.2, 0.25) is 5.91 Å². The van der Waals surface area contributed by atoms with E-state index in [9.17, 15) is 9.59 Å². The minimum absolute atomic E-state index is 0.0164. The lowest BCUT2D eigenvalue weighted by molar-refractivity contribution is -0.114. The van der Waals surface area contributed by atoms with Crippen LogP contribution in [0.5, 0.6) is 0 Å². The van der Waals surface area contributed by atoms with Gasteiger partial charge in [0.15, 0.2) is 0 Å². The molecule has 5 heteroatoms. The number of amides is 2. The van der Waals surface area contributed by atoms with Crippen molar-refractivity contribution in [2.45, 2.75) is 38.6 Å². The van der Waals surface area contributed by atoms with Crippen molar-refractivity contribution in [2.75, 3.05) is 5.32 Å². The summed E-state index contributed by atoms with van der Waals surface area (Å²) in [5.74, 6) is 0.205. The summed E-state index contributed by atoms with van der Waals surface area (Å²) in [5, 5.41) is 6.60. The monoisotopic (exact) mass is 370 g/mol. The molecule has 2 N–H and O–H groups in total. The van der Waals surface area contributed by atoms with E-state index in [0.29, 0.717) is 22.2 Å².